The second-order valence-corrected chi connectivity index (χ2v) is 20.1. The zero-order chi connectivity index (χ0) is 49.9. The molecule has 1 saturated heterocycles. The number of carbonyl (C=O) groups is 3. The summed E-state index contributed by atoms with van der Waals surface area (Å²) in [5.74, 6) is -0.898. The zero-order valence-electron chi connectivity index (χ0n) is 35.7. The number of esters is 1. The number of amides is 2. The van der Waals surface area contributed by atoms with Crippen LogP contribution in [-0.4, -0.2) is 117 Å². The van der Waals surface area contributed by atoms with Gasteiger partial charge in [-0.05, 0) is 68.1 Å². The number of phenols is 2. The number of phosphoric acid groups is 3. The molecule has 0 saturated carbocycles. The van der Waals surface area contributed by atoms with E-state index in [1.807, 2.05) is 0 Å². The molecule has 0 aliphatic carbocycles. The first-order valence-corrected chi connectivity index (χ1v) is 25.4. The number of nitrogens with zero attached hydrogens (tertiary/aromatic N) is 3. The van der Waals surface area contributed by atoms with Gasteiger partial charge in [-0.3, -0.25) is 14.1 Å². The summed E-state index contributed by atoms with van der Waals surface area (Å²) < 4.78 is 63.9. The van der Waals surface area contributed by atoms with Crippen LogP contribution < -0.4 is 26.4 Å². The van der Waals surface area contributed by atoms with E-state index in [0.717, 1.165) is 6.20 Å². The van der Waals surface area contributed by atoms with Crippen molar-refractivity contribution < 1.29 is 95.4 Å². The molecular weight excluding hydrogens is 981 g/mol. The van der Waals surface area contributed by atoms with Gasteiger partial charge in [-0.2, -0.15) is 23.4 Å². The van der Waals surface area contributed by atoms with E-state index >= 15 is 0 Å². The Labute approximate surface area is 389 Å². The molecule has 7 rings (SSSR count). The fraction of sp³-hybridized carbons (Fsp3) is 0.385. The van der Waals surface area contributed by atoms with E-state index in [1.54, 1.807) is 18.2 Å². The lowest BCUT2D eigenvalue weighted by atomic mass is 9.77. The molecule has 0 bridgehead atoms. The van der Waals surface area contributed by atoms with E-state index in [4.69, 9.17) is 24.0 Å². The topological polar surface area (TPSA) is 404 Å². The molecule has 69 heavy (non-hydrogen) atoms. The van der Waals surface area contributed by atoms with E-state index in [1.165, 1.54) is 36.4 Å². The van der Waals surface area contributed by atoms with E-state index in [9.17, 15) is 63.1 Å². The monoisotopic (exact) mass is 1030 g/mol. The summed E-state index contributed by atoms with van der Waals surface area (Å²) in [5.41, 5.74) is -0.799. The number of phosphoric ester groups is 1. The summed E-state index contributed by atoms with van der Waals surface area (Å²) >= 11 is 0. The molecule has 3 aromatic carbocycles. The lowest BCUT2D eigenvalue weighted by molar-refractivity contribution is -0.121. The Bertz CT molecular complexity index is 2770. The largest absolute Gasteiger partial charge is 0.508 e. The molecule has 4 heterocycles. The third-order valence-electron chi connectivity index (χ3n) is 10.7. The number of carbonyl (C=O) groups excluding carboxylic acids is 3. The van der Waals surface area contributed by atoms with E-state index in [-0.39, 0.29) is 52.3 Å². The van der Waals surface area contributed by atoms with Gasteiger partial charge in [0.2, 0.25) is 5.91 Å². The standard InChI is InChI=1S/C39H45N6O21P3/c46-22-8-11-25-28(17-22)62-29-18-23(47)9-12-26(29)39(25)27-16-21(7-10-24(27)37(52)64-39)35(51)42-15-3-1-2-6-32(48)41-14-5-4-13-40-31-19-43-45(38(53)44-31)36-34(50)33(49)30(63-36)20-61-68(57,58)66-69(59,60)65-67(54,55)56/h7-12,16-19,30,33-34,36,46-47,49-50H,1-6,13-15,20H2,(H,41,48)(H,42,51)(H,57,58)(H,59,60)(H,40,44,53)(H2,54,55,56)/t30-,33-,34-,36-/m1/s1. The number of phenolic OH excluding ortho intramolecular Hbond substituents is 2. The quantitative estimate of drug-likeness (QED) is 0.0322. The molecule has 6 atom stereocenters. The minimum atomic E-state index is -5.81. The Morgan fingerprint density at radius 2 is 1.42 bits per heavy atom. The van der Waals surface area contributed by atoms with Crippen molar-refractivity contribution in [2.75, 3.05) is 31.6 Å². The predicted molar refractivity (Wildman–Crippen MR) is 232 cm³/mol. The van der Waals surface area contributed by atoms with Gasteiger partial charge in [0.25, 0.3) is 5.91 Å². The molecule has 1 spiro atoms. The molecule has 27 nitrogen and oxygen atoms in total. The number of fused-ring (bicyclic) bond motifs is 6. The van der Waals surface area contributed by atoms with Crippen LogP contribution in [0.15, 0.2) is 65.6 Å². The van der Waals surface area contributed by atoms with E-state index in [2.05, 4.69) is 39.2 Å². The van der Waals surface area contributed by atoms with Crippen LogP contribution in [0.4, 0.5) is 5.82 Å². The van der Waals surface area contributed by atoms with Gasteiger partial charge >= 0.3 is 35.1 Å². The smallest absolute Gasteiger partial charge is 0.490 e. The van der Waals surface area contributed by atoms with Gasteiger partial charge in [0.15, 0.2) is 17.6 Å². The second-order valence-electron chi connectivity index (χ2n) is 15.6. The minimum Gasteiger partial charge on any atom is -0.508 e. The molecule has 372 valence electrons. The maximum Gasteiger partial charge on any atom is 0.490 e. The van der Waals surface area contributed by atoms with Crippen molar-refractivity contribution in [1.29, 1.82) is 0 Å². The SMILES string of the molecule is O=C(CCCCCNC(=O)c1ccc2c(c1)C1(OC2=O)c2ccc(O)cc2Oc2cc(O)ccc21)NCCCCNc1cnn([C@@H]2O[C@H](COP(=O)(O)OP(=O)(O)OP(=O)(O)O)[C@@H](O)[C@H]2O)c(=O)n1. The Balaban J connectivity index is 0.790. The van der Waals surface area contributed by atoms with Crippen molar-refractivity contribution >= 4 is 47.1 Å². The number of unbranched alkanes of at least 4 members (excludes halogenated alkanes) is 3. The molecule has 1 fully saturated rings. The van der Waals surface area contributed by atoms with Crippen molar-refractivity contribution in [1.82, 2.24) is 25.4 Å². The molecule has 2 unspecified atom stereocenters. The van der Waals surface area contributed by atoms with Crippen molar-refractivity contribution in [3.8, 4) is 23.0 Å². The van der Waals surface area contributed by atoms with Crippen LogP contribution in [0.1, 0.15) is 82.2 Å². The number of aliphatic hydroxyl groups excluding tert-OH is 2. The van der Waals surface area contributed by atoms with Crippen molar-refractivity contribution in [3.63, 3.8) is 0 Å². The number of aromatic hydroxyl groups is 2. The number of rotatable bonds is 21. The molecule has 4 aromatic rings. The van der Waals surface area contributed by atoms with Gasteiger partial charge in [-0.25, -0.2) is 23.3 Å². The van der Waals surface area contributed by atoms with Crippen LogP contribution in [0.3, 0.4) is 0 Å². The maximum atomic E-state index is 13.3. The molecule has 3 aliphatic rings. The molecular formula is C39H45N6O21P3. The highest BCUT2D eigenvalue weighted by Gasteiger charge is 2.54. The van der Waals surface area contributed by atoms with Gasteiger partial charge in [0.05, 0.1) is 18.4 Å². The number of ether oxygens (including phenoxy) is 3. The number of benzene rings is 3. The molecule has 0 radical (unpaired) electrons. The number of hydrogen-bond donors (Lipinski definition) is 11. The summed E-state index contributed by atoms with van der Waals surface area (Å²) in [6.45, 7) is -0.106. The molecule has 30 heteroatoms. The minimum absolute atomic E-state index is 0.0397. The summed E-state index contributed by atoms with van der Waals surface area (Å²) in [7, 11) is -17.0. The fourth-order valence-corrected chi connectivity index (χ4v) is 10.7. The first-order chi connectivity index (χ1) is 32.6. The molecule has 2 amide bonds. The third kappa shape index (κ3) is 12.0. The Kier molecular flexibility index (Phi) is 15.4. The van der Waals surface area contributed by atoms with Crippen LogP contribution in [0, 0.1) is 0 Å². The van der Waals surface area contributed by atoms with Crippen LogP contribution in [-0.2, 0) is 46.7 Å². The van der Waals surface area contributed by atoms with Crippen LogP contribution in [0.2, 0.25) is 0 Å². The van der Waals surface area contributed by atoms with Gasteiger partial charge in [-0.1, -0.05) is 6.42 Å². The Hall–Kier alpha value is -5.63. The fourth-order valence-electron chi connectivity index (χ4n) is 7.66. The zero-order valence-corrected chi connectivity index (χ0v) is 38.4. The van der Waals surface area contributed by atoms with Crippen LogP contribution >= 0.6 is 23.5 Å². The third-order valence-corrected chi connectivity index (χ3v) is 14.5. The highest BCUT2D eigenvalue weighted by atomic mass is 31.3. The van der Waals surface area contributed by atoms with Gasteiger partial charge in [0, 0.05) is 60.4 Å². The van der Waals surface area contributed by atoms with Gasteiger partial charge < -0.3 is 70.2 Å². The molecule has 3 aliphatic heterocycles. The average Bonchev–Trinajstić information content (AvgIpc) is 3.71. The first-order valence-electron chi connectivity index (χ1n) is 20.8. The van der Waals surface area contributed by atoms with Crippen LogP contribution in [0.5, 0.6) is 23.0 Å². The van der Waals surface area contributed by atoms with Gasteiger partial charge in [-0.15, -0.1) is 0 Å². The highest BCUT2D eigenvalue weighted by Crippen LogP contribution is 2.66. The summed E-state index contributed by atoms with van der Waals surface area (Å²) in [6.07, 6.45) is -2.80. The average molecular weight is 1030 g/mol. The number of anilines is 1. The van der Waals surface area contributed by atoms with Crippen molar-refractivity contribution in [2.45, 2.75) is 68.7 Å². The summed E-state index contributed by atoms with van der Waals surface area (Å²) in [4.78, 5) is 91.6. The highest BCUT2D eigenvalue weighted by molar-refractivity contribution is 7.66. The Morgan fingerprint density at radius 1 is 0.768 bits per heavy atom. The first kappa shape index (κ1) is 51.2. The summed E-state index contributed by atoms with van der Waals surface area (Å²) in [5, 5.41) is 53.6. The number of nitrogens with one attached hydrogen (secondary N) is 3. The lowest BCUT2D eigenvalue weighted by Gasteiger charge is -2.36. The van der Waals surface area contributed by atoms with Gasteiger partial charge in [0.1, 0.15) is 41.3 Å². The Morgan fingerprint density at radius 3 is 2.09 bits per heavy atom. The predicted octanol–water partition coefficient (Wildman–Crippen LogP) is 1.88. The second kappa shape index (κ2) is 20.8. The number of hydrogen-bond acceptors (Lipinski definition) is 20. The van der Waals surface area contributed by atoms with E-state index in [0.29, 0.717) is 73.1 Å². The normalized spacial score (nSPS) is 20.6. The lowest BCUT2D eigenvalue weighted by Crippen LogP contribution is -2.37. The number of aromatic nitrogens is 3. The van der Waals surface area contributed by atoms with E-state index < -0.39 is 77.8 Å². The maximum absolute atomic E-state index is 13.3. The summed E-state index contributed by atoms with van der Waals surface area (Å²) in [6, 6.07) is 13.4. The van der Waals surface area contributed by atoms with Crippen LogP contribution in [0.25, 0.3) is 0 Å². The number of aliphatic hydroxyl groups is 2. The van der Waals surface area contributed by atoms with Crippen molar-refractivity contribution in [2.24, 2.45) is 0 Å². The molecule has 1 aromatic heterocycles. The molecule has 11 N–H and O–H groups in total. The van der Waals surface area contributed by atoms with Crippen molar-refractivity contribution in [3.05, 3.63) is 99.1 Å².